The second-order valence-corrected chi connectivity index (χ2v) is 7.18. The lowest BCUT2D eigenvalue weighted by Crippen LogP contribution is -2.21. The van der Waals surface area contributed by atoms with Gasteiger partial charge in [-0.15, -0.1) is 0 Å². The Morgan fingerprint density at radius 2 is 1.75 bits per heavy atom. The van der Waals surface area contributed by atoms with E-state index in [2.05, 4.69) is 20.4 Å². The van der Waals surface area contributed by atoms with Crippen LogP contribution in [-0.4, -0.2) is 30.7 Å². The molecule has 0 spiro atoms. The molecule has 1 aliphatic rings. The van der Waals surface area contributed by atoms with Crippen LogP contribution in [0.2, 0.25) is 0 Å². The standard InChI is InChI=1S/C21H18FN5O.2C2H6/c1-12-9-24-27-20(25-17-5-13-2-3-18(28)7-14(13)6-17)8-19(26-21(12)27)15-4-16(22)11-23-10-15;2*1-2/h2-4,7-11,17,25,28H,5-6H2,1H3;2*1-2H3. The van der Waals surface area contributed by atoms with Gasteiger partial charge in [0.25, 0.3) is 0 Å². The Bertz CT molecular complexity index is 1200. The first-order valence-electron chi connectivity index (χ1n) is 11.1. The Morgan fingerprint density at radius 1 is 1.00 bits per heavy atom. The van der Waals surface area contributed by atoms with Crippen molar-refractivity contribution in [1.82, 2.24) is 19.6 Å². The van der Waals surface area contributed by atoms with Gasteiger partial charge in [-0.2, -0.15) is 9.61 Å². The number of fused-ring (bicyclic) bond motifs is 2. The van der Waals surface area contributed by atoms with E-state index < -0.39 is 5.82 Å². The lowest BCUT2D eigenvalue weighted by atomic mass is 10.1. The lowest BCUT2D eigenvalue weighted by Gasteiger charge is -2.16. The van der Waals surface area contributed by atoms with Crippen LogP contribution in [-0.2, 0) is 12.8 Å². The van der Waals surface area contributed by atoms with Crippen molar-refractivity contribution >= 4 is 11.5 Å². The molecule has 3 aromatic heterocycles. The van der Waals surface area contributed by atoms with Crippen LogP contribution in [0.4, 0.5) is 10.2 Å². The van der Waals surface area contributed by atoms with E-state index in [0.717, 1.165) is 35.4 Å². The molecule has 32 heavy (non-hydrogen) atoms. The van der Waals surface area contributed by atoms with Crippen LogP contribution < -0.4 is 5.32 Å². The maximum absolute atomic E-state index is 13.7. The average molecular weight is 436 g/mol. The Labute approximate surface area is 188 Å². The topological polar surface area (TPSA) is 75.3 Å². The monoisotopic (exact) mass is 435 g/mol. The summed E-state index contributed by atoms with van der Waals surface area (Å²) >= 11 is 0. The number of nitrogens with one attached hydrogen (secondary N) is 1. The van der Waals surface area contributed by atoms with Crippen molar-refractivity contribution in [2.45, 2.75) is 53.5 Å². The molecule has 0 radical (unpaired) electrons. The fraction of sp³-hybridized carbons (Fsp3) is 0.320. The Kier molecular flexibility index (Phi) is 7.41. The first-order chi connectivity index (χ1) is 15.6. The van der Waals surface area contributed by atoms with E-state index >= 15 is 0 Å². The summed E-state index contributed by atoms with van der Waals surface area (Å²) < 4.78 is 15.4. The first-order valence-corrected chi connectivity index (χ1v) is 11.1. The number of phenols is 1. The summed E-state index contributed by atoms with van der Waals surface area (Å²) in [6, 6.07) is 8.98. The molecule has 5 rings (SSSR count). The van der Waals surface area contributed by atoms with Gasteiger partial charge >= 0.3 is 0 Å². The highest BCUT2D eigenvalue weighted by Crippen LogP contribution is 2.29. The van der Waals surface area contributed by atoms with E-state index in [1.165, 1.54) is 17.8 Å². The SMILES string of the molecule is CC.CC.Cc1cnn2c(NC3Cc4ccc(O)cc4C3)cc(-c3cncc(F)c3)nc12. The number of pyridine rings is 1. The molecule has 168 valence electrons. The molecular weight excluding hydrogens is 405 g/mol. The predicted octanol–water partition coefficient (Wildman–Crippen LogP) is 5.58. The number of aromatic hydroxyl groups is 1. The minimum absolute atomic E-state index is 0.172. The average Bonchev–Trinajstić information content (AvgIpc) is 3.39. The van der Waals surface area contributed by atoms with E-state index in [9.17, 15) is 9.50 Å². The summed E-state index contributed by atoms with van der Waals surface area (Å²) in [5.74, 6) is 0.679. The number of aromatic nitrogens is 4. The molecule has 0 amide bonds. The number of aryl methyl sites for hydroxylation is 1. The summed E-state index contributed by atoms with van der Waals surface area (Å²) in [6.07, 6.45) is 6.21. The highest BCUT2D eigenvalue weighted by atomic mass is 19.1. The molecular formula is C25H30FN5O. The molecule has 0 saturated carbocycles. The second-order valence-electron chi connectivity index (χ2n) is 7.18. The molecule has 0 aliphatic heterocycles. The zero-order valence-electron chi connectivity index (χ0n) is 19.2. The van der Waals surface area contributed by atoms with Crippen molar-refractivity contribution in [2.24, 2.45) is 0 Å². The molecule has 4 aromatic rings. The molecule has 0 bridgehead atoms. The third kappa shape index (κ3) is 4.72. The number of phenolic OH excluding ortho intramolecular Hbond substituents is 1. The normalized spacial score (nSPS) is 14.1. The van der Waals surface area contributed by atoms with Crippen LogP contribution in [0, 0.1) is 12.7 Å². The number of rotatable bonds is 3. The summed E-state index contributed by atoms with van der Waals surface area (Å²) in [5.41, 5.74) is 5.29. The van der Waals surface area contributed by atoms with Crippen LogP contribution in [0.3, 0.4) is 0 Å². The van der Waals surface area contributed by atoms with Crippen molar-refractivity contribution in [3.63, 3.8) is 0 Å². The lowest BCUT2D eigenvalue weighted by molar-refractivity contribution is 0.474. The number of halogens is 1. The van der Waals surface area contributed by atoms with Crippen LogP contribution in [0.15, 0.2) is 48.9 Å². The molecule has 1 aromatic carbocycles. The third-order valence-electron chi connectivity index (χ3n) is 5.12. The van der Waals surface area contributed by atoms with Gasteiger partial charge in [0.1, 0.15) is 17.4 Å². The zero-order valence-corrected chi connectivity index (χ0v) is 19.2. The van der Waals surface area contributed by atoms with Gasteiger partial charge in [-0.25, -0.2) is 9.37 Å². The number of hydrogen-bond acceptors (Lipinski definition) is 5. The molecule has 3 heterocycles. The molecule has 0 saturated heterocycles. The number of anilines is 1. The van der Waals surface area contributed by atoms with Gasteiger partial charge in [-0.1, -0.05) is 33.8 Å². The molecule has 2 N–H and O–H groups in total. The van der Waals surface area contributed by atoms with Gasteiger partial charge in [0.2, 0.25) is 0 Å². The Morgan fingerprint density at radius 3 is 2.50 bits per heavy atom. The smallest absolute Gasteiger partial charge is 0.160 e. The van der Waals surface area contributed by atoms with Gasteiger partial charge in [0, 0.05) is 29.4 Å². The molecule has 1 unspecified atom stereocenters. The molecule has 1 aliphatic carbocycles. The first kappa shape index (κ1) is 23.2. The summed E-state index contributed by atoms with van der Waals surface area (Å²) in [4.78, 5) is 8.59. The number of hydrogen-bond donors (Lipinski definition) is 2. The summed E-state index contributed by atoms with van der Waals surface area (Å²) in [7, 11) is 0. The fourth-order valence-electron chi connectivity index (χ4n) is 3.79. The maximum atomic E-state index is 13.7. The van der Waals surface area contributed by atoms with Gasteiger partial charge in [0.05, 0.1) is 18.1 Å². The largest absolute Gasteiger partial charge is 0.508 e. The maximum Gasteiger partial charge on any atom is 0.160 e. The fourth-order valence-corrected chi connectivity index (χ4v) is 3.79. The number of benzene rings is 1. The van der Waals surface area contributed by atoms with Gasteiger partial charge in [-0.05, 0) is 49.1 Å². The van der Waals surface area contributed by atoms with Crippen molar-refractivity contribution in [3.05, 3.63) is 71.4 Å². The van der Waals surface area contributed by atoms with Gasteiger partial charge in [-0.3, -0.25) is 4.98 Å². The molecule has 0 fully saturated rings. The highest BCUT2D eigenvalue weighted by Gasteiger charge is 2.23. The van der Waals surface area contributed by atoms with Crippen molar-refractivity contribution < 1.29 is 9.50 Å². The van der Waals surface area contributed by atoms with E-state index in [1.54, 1.807) is 23.0 Å². The van der Waals surface area contributed by atoms with Crippen LogP contribution >= 0.6 is 0 Å². The van der Waals surface area contributed by atoms with E-state index in [4.69, 9.17) is 0 Å². The molecule has 6 nitrogen and oxygen atoms in total. The minimum atomic E-state index is -0.398. The van der Waals surface area contributed by atoms with Crippen molar-refractivity contribution in [1.29, 1.82) is 0 Å². The quantitative estimate of drug-likeness (QED) is 0.440. The minimum Gasteiger partial charge on any atom is -0.508 e. The van der Waals surface area contributed by atoms with E-state index in [-0.39, 0.29) is 11.8 Å². The predicted molar refractivity (Wildman–Crippen MR) is 127 cm³/mol. The Balaban J connectivity index is 0.000000686. The third-order valence-corrected chi connectivity index (χ3v) is 5.12. The van der Waals surface area contributed by atoms with Crippen LogP contribution in [0.25, 0.3) is 16.9 Å². The molecule has 7 heteroatoms. The Hall–Kier alpha value is -3.48. The zero-order chi connectivity index (χ0) is 23.3. The van der Waals surface area contributed by atoms with E-state index in [1.807, 2.05) is 52.8 Å². The summed E-state index contributed by atoms with van der Waals surface area (Å²) in [6.45, 7) is 9.95. The van der Waals surface area contributed by atoms with Crippen LogP contribution in [0.1, 0.15) is 44.4 Å². The number of nitrogens with zero attached hydrogens (tertiary/aromatic N) is 4. The highest BCUT2D eigenvalue weighted by molar-refractivity contribution is 5.67. The molecule has 1 atom stereocenters. The second kappa shape index (κ2) is 10.2. The van der Waals surface area contributed by atoms with Crippen LogP contribution in [0.5, 0.6) is 5.75 Å². The van der Waals surface area contributed by atoms with Crippen molar-refractivity contribution in [3.8, 4) is 17.0 Å². The van der Waals surface area contributed by atoms with Crippen molar-refractivity contribution in [2.75, 3.05) is 5.32 Å². The van der Waals surface area contributed by atoms with Gasteiger partial charge in [0.15, 0.2) is 5.65 Å². The van der Waals surface area contributed by atoms with Gasteiger partial charge < -0.3 is 10.4 Å². The summed E-state index contributed by atoms with van der Waals surface area (Å²) in [5, 5.41) is 17.7. The van der Waals surface area contributed by atoms with E-state index in [0.29, 0.717) is 11.3 Å².